The maximum Gasteiger partial charge on any atom is 0.310 e. The molecule has 0 bridgehead atoms. The smallest absolute Gasteiger partial charge is 0.310 e. The van der Waals surface area contributed by atoms with E-state index in [4.69, 9.17) is 0 Å². The van der Waals surface area contributed by atoms with Crippen molar-refractivity contribution in [2.24, 2.45) is 11.3 Å². The minimum Gasteiger partial charge on any atom is -0.481 e. The first kappa shape index (κ1) is 12.9. The molecule has 0 radical (unpaired) electrons. The van der Waals surface area contributed by atoms with Gasteiger partial charge in [0.05, 0.1) is 5.41 Å². The molecule has 3 heteroatoms. The van der Waals surface area contributed by atoms with E-state index in [0.29, 0.717) is 12.0 Å². The summed E-state index contributed by atoms with van der Waals surface area (Å²) in [6.45, 7) is 6.33. The molecular formula is C14H25NO2. The van der Waals surface area contributed by atoms with Crippen LogP contribution in [-0.4, -0.2) is 35.1 Å². The average molecular weight is 239 g/mol. The number of carbonyl (C=O) groups is 1. The monoisotopic (exact) mass is 239 g/mol. The van der Waals surface area contributed by atoms with Crippen LogP contribution in [0.15, 0.2) is 0 Å². The van der Waals surface area contributed by atoms with E-state index in [1.165, 1.54) is 12.8 Å². The average Bonchev–Trinajstić information content (AvgIpc) is 2.68. The molecule has 1 saturated carbocycles. The molecule has 1 unspecified atom stereocenters. The Morgan fingerprint density at radius 1 is 1.29 bits per heavy atom. The molecule has 2 aliphatic rings. The summed E-state index contributed by atoms with van der Waals surface area (Å²) in [7, 11) is 0. The fraction of sp³-hybridized carbons (Fsp3) is 0.929. The van der Waals surface area contributed by atoms with Gasteiger partial charge in [0.2, 0.25) is 0 Å². The van der Waals surface area contributed by atoms with Crippen LogP contribution < -0.4 is 0 Å². The highest BCUT2D eigenvalue weighted by atomic mass is 16.4. The molecule has 2 fully saturated rings. The Morgan fingerprint density at radius 3 is 2.41 bits per heavy atom. The van der Waals surface area contributed by atoms with Crippen LogP contribution in [0.4, 0.5) is 0 Å². The van der Waals surface area contributed by atoms with Crippen LogP contribution >= 0.6 is 0 Å². The molecule has 98 valence electrons. The molecule has 0 aromatic rings. The largest absolute Gasteiger partial charge is 0.481 e. The first-order valence-electron chi connectivity index (χ1n) is 7.01. The van der Waals surface area contributed by atoms with Gasteiger partial charge in [-0.3, -0.25) is 9.69 Å². The highest BCUT2D eigenvalue weighted by Crippen LogP contribution is 2.40. The highest BCUT2D eigenvalue weighted by Gasteiger charge is 2.43. The number of carboxylic acid groups (broad SMARTS) is 1. The molecule has 1 N–H and O–H groups in total. The van der Waals surface area contributed by atoms with E-state index < -0.39 is 11.4 Å². The van der Waals surface area contributed by atoms with Gasteiger partial charge in [0, 0.05) is 12.6 Å². The van der Waals surface area contributed by atoms with Crippen LogP contribution in [0.2, 0.25) is 0 Å². The Kier molecular flexibility index (Phi) is 3.76. The standard InChI is InChI=1S/C14H25NO2/c1-11-5-7-14(8-6-11,13(16)17)10-15-9-3-4-12(15)2/h11-12H,3-10H2,1-2H3,(H,16,17). The van der Waals surface area contributed by atoms with Crippen LogP contribution in [0.5, 0.6) is 0 Å². The lowest BCUT2D eigenvalue weighted by molar-refractivity contribution is -0.153. The zero-order chi connectivity index (χ0) is 12.5. The highest BCUT2D eigenvalue weighted by molar-refractivity contribution is 5.75. The Balaban J connectivity index is 2.04. The predicted molar refractivity (Wildman–Crippen MR) is 68.0 cm³/mol. The quantitative estimate of drug-likeness (QED) is 0.823. The number of hydrogen-bond donors (Lipinski definition) is 1. The number of aliphatic carboxylic acids is 1. The Morgan fingerprint density at radius 2 is 1.94 bits per heavy atom. The molecule has 17 heavy (non-hydrogen) atoms. The summed E-state index contributed by atoms with van der Waals surface area (Å²) in [4.78, 5) is 14.0. The van der Waals surface area contributed by atoms with Gasteiger partial charge < -0.3 is 5.11 Å². The van der Waals surface area contributed by atoms with Crippen LogP contribution in [0, 0.1) is 11.3 Å². The lowest BCUT2D eigenvalue weighted by Gasteiger charge is -2.39. The summed E-state index contributed by atoms with van der Waals surface area (Å²) in [5.41, 5.74) is -0.453. The lowest BCUT2D eigenvalue weighted by atomic mass is 9.70. The first-order valence-corrected chi connectivity index (χ1v) is 7.01. The van der Waals surface area contributed by atoms with Gasteiger partial charge in [-0.1, -0.05) is 6.92 Å². The lowest BCUT2D eigenvalue weighted by Crippen LogP contribution is -2.46. The number of nitrogens with zero attached hydrogens (tertiary/aromatic N) is 1. The van der Waals surface area contributed by atoms with Gasteiger partial charge in [0.25, 0.3) is 0 Å². The molecule has 0 amide bonds. The summed E-state index contributed by atoms with van der Waals surface area (Å²) in [5, 5.41) is 9.59. The third kappa shape index (κ3) is 2.65. The van der Waals surface area contributed by atoms with Crippen LogP contribution in [0.25, 0.3) is 0 Å². The SMILES string of the molecule is CC1CCC(CN2CCCC2C)(C(=O)O)CC1. The fourth-order valence-corrected chi connectivity index (χ4v) is 3.37. The van der Waals surface area contributed by atoms with E-state index in [1.807, 2.05) is 0 Å². The fourth-order valence-electron chi connectivity index (χ4n) is 3.37. The first-order chi connectivity index (χ1) is 8.03. The second-order valence-electron chi connectivity index (χ2n) is 6.23. The van der Waals surface area contributed by atoms with Crippen LogP contribution in [0.3, 0.4) is 0 Å². The van der Waals surface area contributed by atoms with Crippen molar-refractivity contribution in [2.75, 3.05) is 13.1 Å². The minimum absolute atomic E-state index is 0.453. The van der Waals surface area contributed by atoms with Crippen molar-refractivity contribution in [2.45, 2.75) is 58.4 Å². The second kappa shape index (κ2) is 4.97. The Hall–Kier alpha value is -0.570. The zero-order valence-electron chi connectivity index (χ0n) is 11.1. The van der Waals surface area contributed by atoms with Crippen LogP contribution in [-0.2, 0) is 4.79 Å². The summed E-state index contributed by atoms with van der Waals surface area (Å²) in [5.74, 6) is 0.141. The van der Waals surface area contributed by atoms with E-state index in [-0.39, 0.29) is 0 Å². The molecule has 1 atom stereocenters. The van der Waals surface area contributed by atoms with Gasteiger partial charge in [-0.25, -0.2) is 0 Å². The number of likely N-dealkylation sites (tertiary alicyclic amines) is 1. The number of hydrogen-bond acceptors (Lipinski definition) is 2. The van der Waals surface area contributed by atoms with E-state index in [0.717, 1.165) is 38.8 Å². The zero-order valence-corrected chi connectivity index (χ0v) is 11.1. The van der Waals surface area contributed by atoms with Crippen molar-refractivity contribution in [1.29, 1.82) is 0 Å². The Bertz CT molecular complexity index is 282. The molecular weight excluding hydrogens is 214 g/mol. The normalized spacial score (nSPS) is 39.4. The maximum absolute atomic E-state index is 11.7. The topological polar surface area (TPSA) is 40.5 Å². The van der Waals surface area contributed by atoms with E-state index in [2.05, 4.69) is 18.7 Å². The number of carboxylic acids is 1. The summed E-state index contributed by atoms with van der Waals surface area (Å²) in [6, 6.07) is 0.575. The van der Waals surface area contributed by atoms with Gasteiger partial charge in [-0.15, -0.1) is 0 Å². The van der Waals surface area contributed by atoms with Crippen LogP contribution in [0.1, 0.15) is 52.4 Å². The number of rotatable bonds is 3. The third-order valence-electron chi connectivity index (χ3n) is 4.88. The minimum atomic E-state index is -0.566. The van der Waals surface area contributed by atoms with E-state index in [1.54, 1.807) is 0 Å². The van der Waals surface area contributed by atoms with Crippen molar-refractivity contribution in [3.05, 3.63) is 0 Å². The van der Waals surface area contributed by atoms with Crippen molar-refractivity contribution >= 4 is 5.97 Å². The summed E-state index contributed by atoms with van der Waals surface area (Å²) in [6.07, 6.45) is 6.35. The molecule has 2 rings (SSSR count). The molecule has 1 aliphatic heterocycles. The summed E-state index contributed by atoms with van der Waals surface area (Å²) < 4.78 is 0. The molecule has 1 saturated heterocycles. The van der Waals surface area contributed by atoms with Gasteiger partial charge in [0.15, 0.2) is 0 Å². The van der Waals surface area contributed by atoms with Crippen molar-refractivity contribution in [3.8, 4) is 0 Å². The van der Waals surface area contributed by atoms with Gasteiger partial charge in [-0.2, -0.15) is 0 Å². The van der Waals surface area contributed by atoms with Gasteiger partial charge >= 0.3 is 5.97 Å². The molecule has 0 aromatic heterocycles. The third-order valence-corrected chi connectivity index (χ3v) is 4.88. The molecule has 1 heterocycles. The van der Waals surface area contributed by atoms with Crippen molar-refractivity contribution in [1.82, 2.24) is 4.90 Å². The molecule has 1 aliphatic carbocycles. The van der Waals surface area contributed by atoms with Gasteiger partial charge in [0.1, 0.15) is 0 Å². The molecule has 0 spiro atoms. The Labute approximate surface area is 104 Å². The van der Waals surface area contributed by atoms with E-state index >= 15 is 0 Å². The summed E-state index contributed by atoms with van der Waals surface area (Å²) >= 11 is 0. The second-order valence-corrected chi connectivity index (χ2v) is 6.23. The predicted octanol–water partition coefficient (Wildman–Crippen LogP) is 2.75. The van der Waals surface area contributed by atoms with Crippen molar-refractivity contribution < 1.29 is 9.90 Å². The maximum atomic E-state index is 11.7. The van der Waals surface area contributed by atoms with Crippen molar-refractivity contribution in [3.63, 3.8) is 0 Å². The molecule has 0 aromatic carbocycles. The van der Waals surface area contributed by atoms with E-state index in [9.17, 15) is 9.90 Å². The van der Waals surface area contributed by atoms with Gasteiger partial charge in [-0.05, 0) is 57.9 Å². The molecule has 3 nitrogen and oxygen atoms in total.